The van der Waals surface area contributed by atoms with Gasteiger partial charge in [-0.25, -0.2) is 9.18 Å². The molecule has 0 bridgehead atoms. The summed E-state index contributed by atoms with van der Waals surface area (Å²) in [4.78, 5) is 11.3. The zero-order valence-electron chi connectivity index (χ0n) is 9.85. The van der Waals surface area contributed by atoms with Crippen molar-refractivity contribution in [2.75, 3.05) is 14.2 Å². The Balaban J connectivity index is 3.59. The lowest BCUT2D eigenvalue weighted by molar-refractivity contribution is -0.242. The van der Waals surface area contributed by atoms with E-state index in [1.54, 1.807) is 22.6 Å². The Morgan fingerprint density at radius 1 is 1.21 bits per heavy atom. The summed E-state index contributed by atoms with van der Waals surface area (Å²) in [5.74, 6) is -2.43. The molecule has 0 saturated carbocycles. The maximum absolute atomic E-state index is 14.4. The third-order valence-electron chi connectivity index (χ3n) is 2.39. The van der Waals surface area contributed by atoms with Crippen LogP contribution in [0.3, 0.4) is 0 Å². The van der Waals surface area contributed by atoms with Gasteiger partial charge in [-0.3, -0.25) is 0 Å². The van der Waals surface area contributed by atoms with E-state index in [1.165, 1.54) is 6.07 Å². The second kappa shape index (κ2) is 5.51. The van der Waals surface area contributed by atoms with E-state index in [1.807, 2.05) is 0 Å². The van der Waals surface area contributed by atoms with E-state index in [9.17, 15) is 22.4 Å². The van der Waals surface area contributed by atoms with Gasteiger partial charge in [0.25, 0.3) is 0 Å². The molecule has 0 heterocycles. The highest BCUT2D eigenvalue weighted by Crippen LogP contribution is 2.47. The van der Waals surface area contributed by atoms with E-state index in [0.29, 0.717) is 10.7 Å². The standard InChI is InChI=1S/C11H9F4IO3/c1-18-8-4-3-6(16)5-7(8)10(12,9(17)19-2)11(13,14)15/h3-5H,1-2H3. The Bertz CT molecular complexity index is 489. The number of esters is 1. The number of benzene rings is 1. The molecule has 1 aromatic rings. The van der Waals surface area contributed by atoms with Crippen LogP contribution in [-0.4, -0.2) is 26.4 Å². The van der Waals surface area contributed by atoms with Crippen molar-refractivity contribution in [3.8, 4) is 5.75 Å². The monoisotopic (exact) mass is 392 g/mol. The topological polar surface area (TPSA) is 35.5 Å². The second-order valence-corrected chi connectivity index (χ2v) is 4.74. The number of alkyl halides is 4. The molecule has 0 N–H and O–H groups in total. The number of halogens is 5. The van der Waals surface area contributed by atoms with Crippen LogP contribution < -0.4 is 4.74 Å². The number of hydrogen-bond donors (Lipinski definition) is 0. The van der Waals surface area contributed by atoms with Crippen LogP contribution in [0.1, 0.15) is 5.56 Å². The highest BCUT2D eigenvalue weighted by molar-refractivity contribution is 14.1. The highest BCUT2D eigenvalue weighted by Gasteiger charge is 2.65. The summed E-state index contributed by atoms with van der Waals surface area (Å²) in [6.07, 6.45) is -5.46. The molecule has 1 rings (SSSR count). The smallest absolute Gasteiger partial charge is 0.438 e. The molecule has 106 valence electrons. The van der Waals surface area contributed by atoms with Gasteiger partial charge in [0.2, 0.25) is 0 Å². The molecule has 0 spiro atoms. The lowest BCUT2D eigenvalue weighted by Crippen LogP contribution is -2.46. The van der Waals surface area contributed by atoms with Gasteiger partial charge < -0.3 is 9.47 Å². The number of hydrogen-bond acceptors (Lipinski definition) is 3. The molecule has 8 heteroatoms. The summed E-state index contributed by atoms with van der Waals surface area (Å²) in [6, 6.07) is 3.47. The summed E-state index contributed by atoms with van der Waals surface area (Å²) < 4.78 is 62.1. The van der Waals surface area contributed by atoms with Gasteiger partial charge in [-0.1, -0.05) is 0 Å². The average molecular weight is 392 g/mol. The second-order valence-electron chi connectivity index (χ2n) is 3.49. The van der Waals surface area contributed by atoms with E-state index >= 15 is 0 Å². The van der Waals surface area contributed by atoms with Crippen LogP contribution in [0.4, 0.5) is 17.6 Å². The molecule has 1 aromatic carbocycles. The first-order valence-corrected chi connectivity index (χ1v) is 5.94. The maximum Gasteiger partial charge on any atom is 0.438 e. The fourth-order valence-electron chi connectivity index (χ4n) is 1.47. The lowest BCUT2D eigenvalue weighted by atomic mass is 9.94. The largest absolute Gasteiger partial charge is 0.496 e. The molecular weight excluding hydrogens is 383 g/mol. The van der Waals surface area contributed by atoms with Crippen LogP contribution in [0.2, 0.25) is 0 Å². The molecule has 3 nitrogen and oxygen atoms in total. The number of carbonyl (C=O) groups excluding carboxylic acids is 1. The maximum atomic E-state index is 14.4. The Kier molecular flexibility index (Phi) is 4.64. The minimum absolute atomic E-state index is 0.323. The van der Waals surface area contributed by atoms with Crippen LogP contribution >= 0.6 is 22.6 Å². The molecule has 0 aliphatic rings. The van der Waals surface area contributed by atoms with Gasteiger partial charge in [-0.15, -0.1) is 0 Å². The molecule has 0 radical (unpaired) electrons. The Morgan fingerprint density at radius 2 is 1.79 bits per heavy atom. The molecule has 0 aliphatic heterocycles. The Morgan fingerprint density at radius 3 is 2.21 bits per heavy atom. The van der Waals surface area contributed by atoms with Gasteiger partial charge in [0.1, 0.15) is 5.75 Å². The predicted octanol–water partition coefficient (Wildman–Crippen LogP) is 3.20. The first kappa shape index (κ1) is 16.0. The SMILES string of the molecule is COC(=O)C(F)(c1cc(I)ccc1OC)C(F)(F)F. The lowest BCUT2D eigenvalue weighted by Gasteiger charge is -2.27. The van der Waals surface area contributed by atoms with Gasteiger partial charge >= 0.3 is 17.8 Å². The van der Waals surface area contributed by atoms with Crippen LogP contribution in [0.25, 0.3) is 0 Å². The van der Waals surface area contributed by atoms with Crippen LogP contribution in [0.15, 0.2) is 18.2 Å². The average Bonchev–Trinajstić information content (AvgIpc) is 2.35. The fourth-order valence-corrected chi connectivity index (χ4v) is 1.96. The van der Waals surface area contributed by atoms with Crippen molar-refractivity contribution >= 4 is 28.6 Å². The van der Waals surface area contributed by atoms with E-state index < -0.39 is 23.4 Å². The van der Waals surface area contributed by atoms with Crippen molar-refractivity contribution in [2.45, 2.75) is 11.8 Å². The molecule has 0 saturated heterocycles. The van der Waals surface area contributed by atoms with Crippen LogP contribution in [0.5, 0.6) is 5.75 Å². The quantitative estimate of drug-likeness (QED) is 0.451. The molecule has 1 unspecified atom stereocenters. The van der Waals surface area contributed by atoms with E-state index in [0.717, 1.165) is 19.2 Å². The molecule has 0 amide bonds. The number of methoxy groups -OCH3 is 2. The summed E-state index contributed by atoms with van der Waals surface area (Å²) in [7, 11) is 1.77. The molecule has 0 aromatic heterocycles. The predicted molar refractivity (Wildman–Crippen MR) is 66.6 cm³/mol. The Hall–Kier alpha value is -1.06. The van der Waals surface area contributed by atoms with Crippen molar-refractivity contribution < 1.29 is 31.8 Å². The molecule has 19 heavy (non-hydrogen) atoms. The summed E-state index contributed by atoms with van der Waals surface area (Å²) in [5.41, 5.74) is -5.20. The zero-order valence-corrected chi connectivity index (χ0v) is 12.0. The van der Waals surface area contributed by atoms with Gasteiger partial charge in [0.05, 0.1) is 19.8 Å². The highest BCUT2D eigenvalue weighted by atomic mass is 127. The van der Waals surface area contributed by atoms with E-state index in [2.05, 4.69) is 9.47 Å². The van der Waals surface area contributed by atoms with Gasteiger partial charge in [-0.05, 0) is 40.8 Å². The summed E-state index contributed by atoms with van der Waals surface area (Å²) >= 11 is 1.70. The number of carbonyl (C=O) groups is 1. The van der Waals surface area contributed by atoms with Crippen LogP contribution in [-0.2, 0) is 15.2 Å². The first-order chi connectivity index (χ1) is 8.68. The van der Waals surface area contributed by atoms with Crippen molar-refractivity contribution in [3.05, 3.63) is 27.3 Å². The minimum atomic E-state index is -5.46. The third-order valence-corrected chi connectivity index (χ3v) is 3.06. The number of rotatable bonds is 3. The fraction of sp³-hybridized carbons (Fsp3) is 0.364. The molecule has 0 aliphatic carbocycles. The zero-order chi connectivity index (χ0) is 14.8. The molecule has 0 fully saturated rings. The Labute approximate surface area is 120 Å². The van der Waals surface area contributed by atoms with Crippen molar-refractivity contribution in [2.24, 2.45) is 0 Å². The van der Waals surface area contributed by atoms with Crippen molar-refractivity contribution in [3.63, 3.8) is 0 Å². The summed E-state index contributed by atoms with van der Waals surface area (Å²) in [5, 5.41) is 0. The van der Waals surface area contributed by atoms with Crippen molar-refractivity contribution in [1.29, 1.82) is 0 Å². The first-order valence-electron chi connectivity index (χ1n) is 4.86. The normalized spacial score (nSPS) is 14.7. The van der Waals surface area contributed by atoms with E-state index in [4.69, 9.17) is 0 Å². The number of ether oxygens (including phenoxy) is 2. The third kappa shape index (κ3) is 2.77. The summed E-state index contributed by atoms with van der Waals surface area (Å²) in [6.45, 7) is 0. The molecule has 1 atom stereocenters. The van der Waals surface area contributed by atoms with Gasteiger partial charge in [0.15, 0.2) is 0 Å². The van der Waals surface area contributed by atoms with E-state index in [-0.39, 0.29) is 5.75 Å². The van der Waals surface area contributed by atoms with Gasteiger partial charge in [-0.2, -0.15) is 13.2 Å². The van der Waals surface area contributed by atoms with Crippen molar-refractivity contribution in [1.82, 2.24) is 0 Å². The molecular formula is C11H9F4IO3. The van der Waals surface area contributed by atoms with Crippen LogP contribution in [0, 0.1) is 3.57 Å². The van der Waals surface area contributed by atoms with Gasteiger partial charge in [0, 0.05) is 3.57 Å². The minimum Gasteiger partial charge on any atom is -0.496 e.